The van der Waals surface area contributed by atoms with Crippen LogP contribution in [0.5, 0.6) is 0 Å². The van der Waals surface area contributed by atoms with Crippen molar-refractivity contribution < 1.29 is 15.0 Å². The lowest BCUT2D eigenvalue weighted by atomic mass is 9.72. The molecule has 5 atom stereocenters. The van der Waals surface area contributed by atoms with Crippen LogP contribution in [0.2, 0.25) is 0 Å². The first kappa shape index (κ1) is 7.80. The van der Waals surface area contributed by atoms with E-state index in [1.54, 1.807) is 0 Å². The highest BCUT2D eigenvalue weighted by Gasteiger charge is 2.65. The van der Waals surface area contributed by atoms with Crippen molar-refractivity contribution in [2.45, 2.75) is 31.3 Å². The molecule has 4 aliphatic rings. The van der Waals surface area contributed by atoms with Crippen molar-refractivity contribution in [1.29, 1.82) is 0 Å². The van der Waals surface area contributed by atoms with Gasteiger partial charge in [-0.3, -0.25) is 0 Å². The first-order valence-electron chi connectivity index (χ1n) is 5.08. The van der Waals surface area contributed by atoms with Gasteiger partial charge in [0.05, 0.1) is 0 Å². The van der Waals surface area contributed by atoms with Gasteiger partial charge in [-0.1, -0.05) is 0 Å². The lowest BCUT2D eigenvalue weighted by Gasteiger charge is -2.36. The van der Waals surface area contributed by atoms with Gasteiger partial charge in [-0.2, -0.15) is 0 Å². The molecule has 5 unspecified atom stereocenters. The third-order valence-electron chi connectivity index (χ3n) is 4.53. The third-order valence-corrected chi connectivity index (χ3v) is 4.53. The Morgan fingerprint density at radius 2 is 2.00 bits per heavy atom. The molecule has 4 fully saturated rings. The summed E-state index contributed by atoms with van der Waals surface area (Å²) in [5.74, 6) is 0.352. The van der Waals surface area contributed by atoms with Crippen molar-refractivity contribution in [3.8, 4) is 0 Å². The summed E-state index contributed by atoms with van der Waals surface area (Å²) in [6.45, 7) is 0. The van der Waals surface area contributed by atoms with Crippen molar-refractivity contribution in [3.05, 3.63) is 0 Å². The molecule has 0 amide bonds. The summed E-state index contributed by atoms with van der Waals surface area (Å²) in [5.41, 5.74) is -1.36. The predicted octanol–water partition coefficient (Wildman–Crippen LogP) is 0.868. The molecule has 4 aliphatic carbocycles. The summed E-state index contributed by atoms with van der Waals surface area (Å²) in [7, 11) is 0. The zero-order valence-electron chi connectivity index (χ0n) is 7.44. The SMILES string of the molecule is O=C(O)C1(O)C2CC3CC(C2)C1C3. The van der Waals surface area contributed by atoms with Crippen LogP contribution in [0.1, 0.15) is 25.7 Å². The van der Waals surface area contributed by atoms with Gasteiger partial charge in [-0.05, 0) is 43.4 Å². The summed E-state index contributed by atoms with van der Waals surface area (Å²) in [6.07, 6.45) is 4.00. The second-order valence-electron chi connectivity index (χ2n) is 5.00. The molecule has 13 heavy (non-hydrogen) atoms. The van der Waals surface area contributed by atoms with E-state index < -0.39 is 11.6 Å². The molecule has 3 nitrogen and oxygen atoms in total. The number of aliphatic hydroxyl groups is 1. The average Bonchev–Trinajstić information content (AvgIpc) is 2.46. The minimum Gasteiger partial charge on any atom is -0.479 e. The molecule has 4 rings (SSSR count). The van der Waals surface area contributed by atoms with Crippen LogP contribution in [0, 0.1) is 23.7 Å². The molecule has 0 spiro atoms. The largest absolute Gasteiger partial charge is 0.479 e. The Hall–Kier alpha value is -0.570. The Morgan fingerprint density at radius 1 is 1.23 bits per heavy atom. The first-order chi connectivity index (χ1) is 6.12. The summed E-state index contributed by atoms with van der Waals surface area (Å²) < 4.78 is 0. The van der Waals surface area contributed by atoms with Gasteiger partial charge >= 0.3 is 5.97 Å². The van der Waals surface area contributed by atoms with Gasteiger partial charge in [0.2, 0.25) is 0 Å². The second-order valence-corrected chi connectivity index (χ2v) is 5.00. The Kier molecular flexibility index (Phi) is 1.25. The normalized spacial score (nSPS) is 57.3. The van der Waals surface area contributed by atoms with Gasteiger partial charge in [-0.25, -0.2) is 4.79 Å². The topological polar surface area (TPSA) is 57.5 Å². The Labute approximate surface area is 76.8 Å². The van der Waals surface area contributed by atoms with Crippen molar-refractivity contribution in [2.24, 2.45) is 23.7 Å². The summed E-state index contributed by atoms with van der Waals surface area (Å²) >= 11 is 0. The molecular weight excluding hydrogens is 168 g/mol. The highest BCUT2D eigenvalue weighted by Crippen LogP contribution is 2.62. The van der Waals surface area contributed by atoms with Gasteiger partial charge in [0, 0.05) is 5.92 Å². The molecule has 2 N–H and O–H groups in total. The fourth-order valence-corrected chi connectivity index (χ4v) is 4.09. The highest BCUT2D eigenvalue weighted by atomic mass is 16.4. The van der Waals surface area contributed by atoms with Gasteiger partial charge < -0.3 is 10.2 Å². The maximum atomic E-state index is 11.1. The van der Waals surface area contributed by atoms with E-state index in [4.69, 9.17) is 5.11 Å². The highest BCUT2D eigenvalue weighted by molar-refractivity contribution is 5.79. The number of aliphatic carboxylic acids is 1. The molecule has 0 aromatic rings. The number of hydrogen-bond donors (Lipinski definition) is 2. The van der Waals surface area contributed by atoms with E-state index in [1.165, 1.54) is 0 Å². The van der Waals surface area contributed by atoms with Crippen molar-refractivity contribution in [3.63, 3.8) is 0 Å². The summed E-state index contributed by atoms with van der Waals surface area (Å²) in [4.78, 5) is 11.1. The molecule has 72 valence electrons. The predicted molar refractivity (Wildman–Crippen MR) is 45.0 cm³/mol. The van der Waals surface area contributed by atoms with E-state index in [0.29, 0.717) is 11.8 Å². The van der Waals surface area contributed by atoms with Gasteiger partial charge in [0.25, 0.3) is 0 Å². The number of carboxylic acid groups (broad SMARTS) is 1. The second kappa shape index (κ2) is 2.08. The van der Waals surface area contributed by atoms with E-state index in [9.17, 15) is 9.90 Å². The summed E-state index contributed by atoms with van der Waals surface area (Å²) in [6, 6.07) is 0. The molecule has 0 radical (unpaired) electrons. The fraction of sp³-hybridized carbons (Fsp3) is 0.900. The van der Waals surface area contributed by atoms with Crippen LogP contribution in [-0.2, 0) is 4.79 Å². The van der Waals surface area contributed by atoms with E-state index in [2.05, 4.69) is 0 Å². The lowest BCUT2D eigenvalue weighted by molar-refractivity contribution is -0.172. The lowest BCUT2D eigenvalue weighted by Crippen LogP contribution is -2.50. The third kappa shape index (κ3) is 0.725. The molecule has 3 heteroatoms. The molecule has 0 saturated heterocycles. The first-order valence-corrected chi connectivity index (χ1v) is 5.08. The quantitative estimate of drug-likeness (QED) is 0.632. The van der Waals surface area contributed by atoms with E-state index in [-0.39, 0.29) is 11.8 Å². The van der Waals surface area contributed by atoms with Crippen molar-refractivity contribution >= 4 is 5.97 Å². The van der Waals surface area contributed by atoms with E-state index in [1.807, 2.05) is 0 Å². The van der Waals surface area contributed by atoms with Crippen molar-refractivity contribution in [2.75, 3.05) is 0 Å². The van der Waals surface area contributed by atoms with Crippen LogP contribution < -0.4 is 0 Å². The number of hydrogen-bond acceptors (Lipinski definition) is 2. The van der Waals surface area contributed by atoms with E-state index >= 15 is 0 Å². The maximum Gasteiger partial charge on any atom is 0.336 e. The van der Waals surface area contributed by atoms with Crippen LogP contribution in [0.4, 0.5) is 0 Å². The zero-order chi connectivity index (χ0) is 9.22. The molecule has 4 bridgehead atoms. The minimum atomic E-state index is -1.36. The molecule has 0 aromatic heterocycles. The molecule has 0 aromatic carbocycles. The van der Waals surface area contributed by atoms with Crippen LogP contribution in [-0.4, -0.2) is 21.8 Å². The van der Waals surface area contributed by atoms with Crippen LogP contribution in [0.3, 0.4) is 0 Å². The Balaban J connectivity index is 2.04. The minimum absolute atomic E-state index is 0.0486. The molecule has 0 aliphatic heterocycles. The number of rotatable bonds is 1. The summed E-state index contributed by atoms with van der Waals surface area (Å²) in [5, 5.41) is 19.2. The van der Waals surface area contributed by atoms with Crippen LogP contribution in [0.15, 0.2) is 0 Å². The van der Waals surface area contributed by atoms with Gasteiger partial charge in [0.1, 0.15) is 0 Å². The van der Waals surface area contributed by atoms with Gasteiger partial charge in [-0.15, -0.1) is 0 Å². The standard InChI is InChI=1S/C10H14O3/c11-9(12)10(13)7-2-5-1-6(4-7)8(10)3-5/h5-8,13H,1-4H2,(H,11,12). The Bertz CT molecular complexity index is 271. The molecule has 0 heterocycles. The fourth-order valence-electron chi connectivity index (χ4n) is 4.09. The van der Waals surface area contributed by atoms with Crippen LogP contribution >= 0.6 is 0 Å². The maximum absolute atomic E-state index is 11.1. The number of carboxylic acids is 1. The Morgan fingerprint density at radius 3 is 2.62 bits per heavy atom. The molecule has 4 saturated carbocycles. The zero-order valence-corrected chi connectivity index (χ0v) is 7.44. The number of carbonyl (C=O) groups is 1. The monoisotopic (exact) mass is 182 g/mol. The van der Waals surface area contributed by atoms with Crippen LogP contribution in [0.25, 0.3) is 0 Å². The average molecular weight is 182 g/mol. The van der Waals surface area contributed by atoms with E-state index in [0.717, 1.165) is 25.7 Å². The smallest absolute Gasteiger partial charge is 0.336 e. The van der Waals surface area contributed by atoms with Crippen molar-refractivity contribution in [1.82, 2.24) is 0 Å². The molecular formula is C10H14O3. The van der Waals surface area contributed by atoms with Gasteiger partial charge in [0.15, 0.2) is 5.60 Å².